The van der Waals surface area contributed by atoms with E-state index in [0.717, 1.165) is 47.3 Å². The highest BCUT2D eigenvalue weighted by atomic mass is 16.2. The summed E-state index contributed by atoms with van der Waals surface area (Å²) in [6.07, 6.45) is 0.702. The molecule has 0 saturated carbocycles. The molecule has 7 heteroatoms. The minimum atomic E-state index is -0.685. The summed E-state index contributed by atoms with van der Waals surface area (Å²) in [6.45, 7) is 2.39. The number of fused-ring (bicyclic) bond motifs is 4. The number of carbonyl (C=O) groups excluding carboxylic acids is 2. The molecule has 28 heavy (non-hydrogen) atoms. The zero-order chi connectivity index (χ0) is 19.1. The van der Waals surface area contributed by atoms with Crippen molar-refractivity contribution in [2.45, 2.75) is 13.0 Å². The molecular weight excluding hydrogens is 354 g/mol. The molecule has 2 aromatic heterocycles. The number of imidazole rings is 1. The Morgan fingerprint density at radius 2 is 1.86 bits per heavy atom. The van der Waals surface area contributed by atoms with Crippen LogP contribution in [-0.4, -0.2) is 39.3 Å². The second kappa shape index (κ2) is 6.61. The van der Waals surface area contributed by atoms with Gasteiger partial charge in [0.1, 0.15) is 0 Å². The van der Waals surface area contributed by atoms with E-state index < -0.39 is 11.7 Å². The molecule has 0 atom stereocenters. The zero-order valence-corrected chi connectivity index (χ0v) is 15.2. The largest absolute Gasteiger partial charge is 0.343 e. The molecule has 0 fully saturated rings. The smallest absolute Gasteiger partial charge is 0.299 e. The van der Waals surface area contributed by atoms with Crippen molar-refractivity contribution in [2.75, 3.05) is 18.4 Å². The molecule has 140 valence electrons. The number of aromatic nitrogens is 3. The molecule has 5 rings (SSSR count). The predicted octanol–water partition coefficient (Wildman–Crippen LogP) is 2.48. The molecule has 1 aliphatic heterocycles. The molecule has 1 amide bonds. The van der Waals surface area contributed by atoms with Gasteiger partial charge in [0.25, 0.3) is 11.7 Å². The second-order valence-electron chi connectivity index (χ2n) is 6.88. The normalized spacial score (nSPS) is 14.0. The number of para-hydroxylation sites is 3. The first-order chi connectivity index (χ1) is 13.7. The summed E-state index contributed by atoms with van der Waals surface area (Å²) in [5, 5.41) is 6.80. The van der Waals surface area contributed by atoms with E-state index >= 15 is 0 Å². The van der Waals surface area contributed by atoms with E-state index in [2.05, 4.69) is 25.2 Å². The highest BCUT2D eigenvalue weighted by molar-refractivity contribution is 6.48. The molecule has 0 radical (unpaired) electrons. The molecule has 1 aliphatic rings. The quantitative estimate of drug-likeness (QED) is 0.380. The lowest BCUT2D eigenvalue weighted by Gasteiger charge is -2.06. The second-order valence-corrected chi connectivity index (χ2v) is 6.88. The van der Waals surface area contributed by atoms with Gasteiger partial charge in [0.2, 0.25) is 5.95 Å². The van der Waals surface area contributed by atoms with Crippen LogP contribution in [0.1, 0.15) is 16.1 Å². The summed E-state index contributed by atoms with van der Waals surface area (Å²) in [5.41, 5.74) is 3.93. The van der Waals surface area contributed by atoms with Crippen LogP contribution in [0.4, 0.5) is 5.95 Å². The molecule has 0 aliphatic carbocycles. The number of hydrogen-bond donors (Lipinski definition) is 3. The van der Waals surface area contributed by atoms with Gasteiger partial charge < -0.3 is 14.9 Å². The average molecular weight is 373 g/mol. The number of hydrogen-bond acceptors (Lipinski definition) is 4. The Bertz CT molecular complexity index is 1190. The Kier molecular flexibility index (Phi) is 3.95. The standard InChI is InChI=1S/C21H19N5O2/c27-19(20(28)25-21-23-14-6-2-3-7-15(14)24-21)18-13-5-1-4-8-16(13)26-12-11-22-10-9-17(18)26/h1-8,22H,9-12H2,(H2,23,24,25,28). The highest BCUT2D eigenvalue weighted by Crippen LogP contribution is 2.28. The van der Waals surface area contributed by atoms with Crippen LogP contribution in [0.5, 0.6) is 0 Å². The van der Waals surface area contributed by atoms with Gasteiger partial charge in [-0.15, -0.1) is 0 Å². The number of benzene rings is 2. The lowest BCUT2D eigenvalue weighted by molar-refractivity contribution is -0.112. The molecule has 0 bridgehead atoms. The van der Waals surface area contributed by atoms with Crippen LogP contribution in [0.15, 0.2) is 48.5 Å². The maximum absolute atomic E-state index is 13.1. The lowest BCUT2D eigenvalue weighted by atomic mass is 10.0. The number of Topliss-reactive ketones (excluding diaryl/α,β-unsaturated/α-hetero) is 1. The van der Waals surface area contributed by atoms with Crippen molar-refractivity contribution in [2.24, 2.45) is 0 Å². The number of carbonyl (C=O) groups is 2. The summed E-state index contributed by atoms with van der Waals surface area (Å²) >= 11 is 0. The molecular formula is C21H19N5O2. The van der Waals surface area contributed by atoms with Crippen LogP contribution in [0.25, 0.3) is 21.9 Å². The number of ketones is 1. The van der Waals surface area contributed by atoms with E-state index in [-0.39, 0.29) is 5.95 Å². The van der Waals surface area contributed by atoms with Gasteiger partial charge in [0.05, 0.1) is 16.6 Å². The van der Waals surface area contributed by atoms with Crippen LogP contribution in [0.2, 0.25) is 0 Å². The van der Waals surface area contributed by atoms with Gasteiger partial charge in [0.15, 0.2) is 0 Å². The summed E-state index contributed by atoms with van der Waals surface area (Å²) in [4.78, 5) is 33.2. The monoisotopic (exact) mass is 373 g/mol. The summed E-state index contributed by atoms with van der Waals surface area (Å²) in [6, 6.07) is 15.2. The van der Waals surface area contributed by atoms with E-state index in [0.29, 0.717) is 12.0 Å². The molecule has 3 N–H and O–H groups in total. The first kappa shape index (κ1) is 16.7. The number of H-pyrrole nitrogens is 1. The van der Waals surface area contributed by atoms with Crippen molar-refractivity contribution in [3.8, 4) is 0 Å². The fourth-order valence-corrected chi connectivity index (χ4v) is 3.94. The van der Waals surface area contributed by atoms with Crippen LogP contribution < -0.4 is 10.6 Å². The molecule has 7 nitrogen and oxygen atoms in total. The Morgan fingerprint density at radius 1 is 1.04 bits per heavy atom. The molecule has 2 aromatic carbocycles. The third-order valence-corrected chi connectivity index (χ3v) is 5.18. The first-order valence-electron chi connectivity index (χ1n) is 9.33. The zero-order valence-electron chi connectivity index (χ0n) is 15.2. The molecule has 0 unspecified atom stereocenters. The van der Waals surface area contributed by atoms with Gasteiger partial charge >= 0.3 is 0 Å². The number of aromatic amines is 1. The Balaban J connectivity index is 1.53. The van der Waals surface area contributed by atoms with Gasteiger partial charge in [-0.05, 0) is 18.2 Å². The van der Waals surface area contributed by atoms with Crippen molar-refractivity contribution in [3.63, 3.8) is 0 Å². The number of rotatable bonds is 3. The third kappa shape index (κ3) is 2.68. The van der Waals surface area contributed by atoms with E-state index in [9.17, 15) is 9.59 Å². The molecule has 3 heterocycles. The van der Waals surface area contributed by atoms with Gasteiger partial charge in [-0.1, -0.05) is 30.3 Å². The van der Waals surface area contributed by atoms with Crippen molar-refractivity contribution in [1.82, 2.24) is 19.9 Å². The molecule has 0 saturated heterocycles. The van der Waals surface area contributed by atoms with E-state index in [1.54, 1.807) is 0 Å². The maximum atomic E-state index is 13.1. The van der Waals surface area contributed by atoms with Crippen LogP contribution in [0, 0.1) is 0 Å². The third-order valence-electron chi connectivity index (χ3n) is 5.18. The van der Waals surface area contributed by atoms with Crippen LogP contribution in [0.3, 0.4) is 0 Å². The SMILES string of the molecule is O=C(Nc1nc2ccccc2[nH]1)C(=O)c1c2n(c3ccccc13)CCNCC2. The van der Waals surface area contributed by atoms with Gasteiger partial charge in [0, 0.05) is 42.7 Å². The van der Waals surface area contributed by atoms with Crippen molar-refractivity contribution < 1.29 is 9.59 Å². The fourth-order valence-electron chi connectivity index (χ4n) is 3.94. The number of nitrogens with one attached hydrogen (secondary N) is 3. The summed E-state index contributed by atoms with van der Waals surface area (Å²) in [7, 11) is 0. The van der Waals surface area contributed by atoms with Crippen molar-refractivity contribution in [3.05, 3.63) is 59.8 Å². The Hall–Kier alpha value is -3.45. The van der Waals surface area contributed by atoms with Gasteiger partial charge in [-0.2, -0.15) is 0 Å². The first-order valence-corrected chi connectivity index (χ1v) is 9.33. The fraction of sp³-hybridized carbons (Fsp3) is 0.190. The van der Waals surface area contributed by atoms with E-state index in [4.69, 9.17) is 0 Å². The van der Waals surface area contributed by atoms with Crippen molar-refractivity contribution in [1.29, 1.82) is 0 Å². The van der Waals surface area contributed by atoms with E-state index in [1.165, 1.54) is 0 Å². The minimum Gasteiger partial charge on any atom is -0.343 e. The van der Waals surface area contributed by atoms with Gasteiger partial charge in [-0.25, -0.2) is 4.98 Å². The average Bonchev–Trinajstić information content (AvgIpc) is 3.16. The maximum Gasteiger partial charge on any atom is 0.299 e. The number of amides is 1. The number of nitrogens with zero attached hydrogens (tertiary/aromatic N) is 2. The minimum absolute atomic E-state index is 0.274. The Labute approximate surface area is 160 Å². The molecule has 0 spiro atoms. The van der Waals surface area contributed by atoms with E-state index in [1.807, 2.05) is 48.5 Å². The highest BCUT2D eigenvalue weighted by Gasteiger charge is 2.27. The summed E-state index contributed by atoms with van der Waals surface area (Å²) in [5.74, 6) is -0.946. The van der Waals surface area contributed by atoms with Crippen molar-refractivity contribution >= 4 is 39.6 Å². The topological polar surface area (TPSA) is 91.8 Å². The van der Waals surface area contributed by atoms with Crippen LogP contribution in [-0.2, 0) is 17.8 Å². The number of anilines is 1. The summed E-state index contributed by atoms with van der Waals surface area (Å²) < 4.78 is 2.15. The Morgan fingerprint density at radius 3 is 2.75 bits per heavy atom. The van der Waals surface area contributed by atoms with Crippen LogP contribution >= 0.6 is 0 Å². The van der Waals surface area contributed by atoms with Gasteiger partial charge in [-0.3, -0.25) is 14.9 Å². The lowest BCUT2D eigenvalue weighted by Crippen LogP contribution is -2.25. The molecule has 4 aromatic rings. The predicted molar refractivity (Wildman–Crippen MR) is 108 cm³/mol.